The largest absolute Gasteiger partial charge is 0.326 e. The van der Waals surface area contributed by atoms with Crippen molar-refractivity contribution in [2.75, 3.05) is 5.32 Å². The predicted molar refractivity (Wildman–Crippen MR) is 65.1 cm³/mol. The summed E-state index contributed by atoms with van der Waals surface area (Å²) >= 11 is 2.25. The first kappa shape index (κ1) is 9.96. The van der Waals surface area contributed by atoms with Gasteiger partial charge in [-0.15, -0.1) is 0 Å². The second-order valence-electron chi connectivity index (χ2n) is 4.02. The summed E-state index contributed by atoms with van der Waals surface area (Å²) in [5.41, 5.74) is 0.798. The van der Waals surface area contributed by atoms with Crippen molar-refractivity contribution in [3.63, 3.8) is 0 Å². The van der Waals surface area contributed by atoms with Gasteiger partial charge in [0.1, 0.15) is 0 Å². The average molecular weight is 301 g/mol. The van der Waals surface area contributed by atoms with Gasteiger partial charge >= 0.3 is 0 Å². The van der Waals surface area contributed by atoms with Crippen LogP contribution in [0.4, 0.5) is 5.69 Å². The highest BCUT2D eigenvalue weighted by molar-refractivity contribution is 14.1. The minimum absolute atomic E-state index is 0.0942. The maximum absolute atomic E-state index is 11.7. The van der Waals surface area contributed by atoms with E-state index in [4.69, 9.17) is 0 Å². The van der Waals surface area contributed by atoms with Crippen molar-refractivity contribution < 1.29 is 4.79 Å². The molecule has 1 amide bonds. The van der Waals surface area contributed by atoms with Crippen molar-refractivity contribution in [2.45, 2.75) is 19.8 Å². The molecule has 1 aliphatic carbocycles. The molecule has 1 aliphatic rings. The third kappa shape index (κ3) is 2.08. The lowest BCUT2D eigenvalue weighted by Gasteiger charge is -2.09. The van der Waals surface area contributed by atoms with Gasteiger partial charge in [0.05, 0.1) is 0 Å². The standard InChI is InChI=1S/C11H12INO/c1-11(6-7-11)10(14)13-9-4-2-8(12)3-5-9/h2-5H,6-7H2,1H3,(H,13,14). The van der Waals surface area contributed by atoms with E-state index in [0.29, 0.717) is 0 Å². The fraction of sp³-hybridized carbons (Fsp3) is 0.364. The predicted octanol–water partition coefficient (Wildman–Crippen LogP) is 3.03. The van der Waals surface area contributed by atoms with Crippen LogP contribution in [0.1, 0.15) is 19.8 Å². The van der Waals surface area contributed by atoms with Crippen molar-refractivity contribution in [1.82, 2.24) is 0 Å². The number of amides is 1. The van der Waals surface area contributed by atoms with Crippen LogP contribution in [0.3, 0.4) is 0 Å². The van der Waals surface area contributed by atoms with E-state index < -0.39 is 0 Å². The summed E-state index contributed by atoms with van der Waals surface area (Å²) in [7, 11) is 0. The molecule has 0 radical (unpaired) electrons. The molecule has 0 heterocycles. The van der Waals surface area contributed by atoms with Crippen molar-refractivity contribution in [2.24, 2.45) is 5.41 Å². The van der Waals surface area contributed by atoms with Crippen LogP contribution < -0.4 is 5.32 Å². The zero-order valence-corrected chi connectivity index (χ0v) is 10.2. The molecule has 0 unspecified atom stereocenters. The van der Waals surface area contributed by atoms with Crippen LogP contribution in [-0.4, -0.2) is 5.91 Å². The van der Waals surface area contributed by atoms with Gasteiger partial charge in [-0.3, -0.25) is 4.79 Å². The van der Waals surface area contributed by atoms with Crippen LogP contribution in [0.15, 0.2) is 24.3 Å². The number of nitrogens with one attached hydrogen (secondary N) is 1. The Morgan fingerprint density at radius 1 is 1.36 bits per heavy atom. The summed E-state index contributed by atoms with van der Waals surface area (Å²) in [5, 5.41) is 2.93. The lowest BCUT2D eigenvalue weighted by molar-refractivity contribution is -0.120. The van der Waals surface area contributed by atoms with Crippen LogP contribution in [0.25, 0.3) is 0 Å². The Hall–Kier alpha value is -0.580. The third-order valence-corrected chi connectivity index (χ3v) is 3.37. The molecule has 74 valence electrons. The number of hydrogen-bond donors (Lipinski definition) is 1. The molecule has 0 aliphatic heterocycles. The van der Waals surface area contributed by atoms with Crippen molar-refractivity contribution >= 4 is 34.2 Å². The van der Waals surface area contributed by atoms with Gasteiger partial charge in [-0.2, -0.15) is 0 Å². The molecule has 0 bridgehead atoms. The topological polar surface area (TPSA) is 29.1 Å². The summed E-state index contributed by atoms with van der Waals surface area (Å²) in [6.45, 7) is 2.01. The molecule has 0 saturated heterocycles. The zero-order chi connectivity index (χ0) is 10.2. The van der Waals surface area contributed by atoms with Gasteiger partial charge in [0.15, 0.2) is 0 Å². The number of carbonyl (C=O) groups excluding carboxylic acids is 1. The Bertz CT molecular complexity index is 354. The van der Waals surface area contributed by atoms with Crippen LogP contribution >= 0.6 is 22.6 Å². The Labute approximate surface area is 97.2 Å². The Morgan fingerprint density at radius 2 is 1.93 bits per heavy atom. The molecule has 1 fully saturated rings. The van der Waals surface area contributed by atoms with Crippen LogP contribution in [0, 0.1) is 8.99 Å². The summed E-state index contributed by atoms with van der Waals surface area (Å²) in [5.74, 6) is 0.152. The fourth-order valence-corrected chi connectivity index (χ4v) is 1.59. The normalized spacial score (nSPS) is 17.6. The van der Waals surface area contributed by atoms with E-state index in [-0.39, 0.29) is 11.3 Å². The lowest BCUT2D eigenvalue weighted by atomic mass is 10.1. The first-order chi connectivity index (χ1) is 6.60. The van der Waals surface area contributed by atoms with Crippen LogP contribution in [0.5, 0.6) is 0 Å². The van der Waals surface area contributed by atoms with E-state index in [2.05, 4.69) is 27.9 Å². The van der Waals surface area contributed by atoms with Gasteiger partial charge in [0.25, 0.3) is 0 Å². The molecule has 1 N–H and O–H groups in total. The second-order valence-corrected chi connectivity index (χ2v) is 5.27. The highest BCUT2D eigenvalue weighted by atomic mass is 127. The number of halogens is 1. The number of benzene rings is 1. The zero-order valence-electron chi connectivity index (χ0n) is 8.01. The van der Waals surface area contributed by atoms with Gasteiger partial charge in [0, 0.05) is 14.7 Å². The van der Waals surface area contributed by atoms with Gasteiger partial charge in [-0.05, 0) is 59.7 Å². The van der Waals surface area contributed by atoms with Gasteiger partial charge in [-0.25, -0.2) is 0 Å². The van der Waals surface area contributed by atoms with Crippen LogP contribution in [-0.2, 0) is 4.79 Å². The Balaban J connectivity index is 2.04. The minimum atomic E-state index is -0.0942. The molecular formula is C11H12INO. The molecule has 14 heavy (non-hydrogen) atoms. The number of anilines is 1. The van der Waals surface area contributed by atoms with Crippen molar-refractivity contribution in [1.29, 1.82) is 0 Å². The SMILES string of the molecule is CC1(C(=O)Nc2ccc(I)cc2)CC1. The first-order valence-corrected chi connectivity index (χ1v) is 5.75. The molecule has 0 atom stereocenters. The van der Waals surface area contributed by atoms with E-state index in [1.165, 1.54) is 3.57 Å². The molecule has 3 heteroatoms. The summed E-state index contributed by atoms with van der Waals surface area (Å²) in [6.07, 6.45) is 2.03. The molecule has 0 spiro atoms. The van der Waals surface area contributed by atoms with E-state index in [9.17, 15) is 4.79 Å². The van der Waals surface area contributed by atoms with E-state index >= 15 is 0 Å². The molecule has 1 saturated carbocycles. The summed E-state index contributed by atoms with van der Waals surface area (Å²) < 4.78 is 1.18. The fourth-order valence-electron chi connectivity index (χ4n) is 1.23. The monoisotopic (exact) mass is 301 g/mol. The van der Waals surface area contributed by atoms with Gasteiger partial charge in [-0.1, -0.05) is 6.92 Å². The number of rotatable bonds is 2. The van der Waals surface area contributed by atoms with Crippen molar-refractivity contribution in [3.8, 4) is 0 Å². The molecule has 0 aromatic heterocycles. The first-order valence-electron chi connectivity index (χ1n) is 4.67. The second kappa shape index (κ2) is 3.53. The highest BCUT2D eigenvalue weighted by Crippen LogP contribution is 2.45. The summed E-state index contributed by atoms with van der Waals surface area (Å²) in [4.78, 5) is 11.7. The quantitative estimate of drug-likeness (QED) is 0.836. The maximum Gasteiger partial charge on any atom is 0.230 e. The van der Waals surface area contributed by atoms with E-state index in [1.54, 1.807) is 0 Å². The Morgan fingerprint density at radius 3 is 2.43 bits per heavy atom. The van der Waals surface area contributed by atoms with E-state index in [1.807, 2.05) is 31.2 Å². The number of hydrogen-bond acceptors (Lipinski definition) is 1. The van der Waals surface area contributed by atoms with Gasteiger partial charge in [0.2, 0.25) is 5.91 Å². The molecule has 2 nitrogen and oxygen atoms in total. The molecule has 1 aromatic rings. The van der Waals surface area contributed by atoms with Gasteiger partial charge < -0.3 is 5.32 Å². The summed E-state index contributed by atoms with van der Waals surface area (Å²) in [6, 6.07) is 7.85. The molecular weight excluding hydrogens is 289 g/mol. The van der Waals surface area contributed by atoms with Crippen molar-refractivity contribution in [3.05, 3.63) is 27.8 Å². The highest BCUT2D eigenvalue weighted by Gasteiger charge is 2.44. The Kier molecular flexibility index (Phi) is 2.51. The van der Waals surface area contributed by atoms with Crippen LogP contribution in [0.2, 0.25) is 0 Å². The average Bonchev–Trinajstić information content (AvgIpc) is 2.89. The van der Waals surface area contributed by atoms with E-state index in [0.717, 1.165) is 18.5 Å². The smallest absolute Gasteiger partial charge is 0.230 e. The molecule has 1 aromatic carbocycles. The minimum Gasteiger partial charge on any atom is -0.326 e. The maximum atomic E-state index is 11.7. The third-order valence-electron chi connectivity index (χ3n) is 2.65. The number of carbonyl (C=O) groups is 1. The lowest BCUT2D eigenvalue weighted by Crippen LogP contribution is -2.21. The molecule has 2 rings (SSSR count).